The molecule has 242 valence electrons. The summed E-state index contributed by atoms with van der Waals surface area (Å²) in [6, 6.07) is 46.0. The monoisotopic (exact) mass is 638 g/mol. The predicted molar refractivity (Wildman–Crippen MR) is 200 cm³/mol. The Bertz CT molecular complexity index is 2060. The quantitative estimate of drug-likeness (QED) is 0.163. The van der Waals surface area contributed by atoms with Gasteiger partial charge in [0.15, 0.2) is 17.5 Å². The molecule has 0 radical (unpaired) electrons. The van der Waals surface area contributed by atoms with Gasteiger partial charge in [0.2, 0.25) is 0 Å². The summed E-state index contributed by atoms with van der Waals surface area (Å²) in [5.74, 6) is 3.46. The van der Waals surface area contributed by atoms with Gasteiger partial charge >= 0.3 is 0 Å². The number of hydrogen-bond acceptors (Lipinski definition) is 4. The SMILES string of the molecule is CCC1(c2ccc(-c3nc(-c4ccccc4)nc(-c4ccc(-c5ccccc5-c5ccc(C#N)cc5)cc4)n3)cc2)C[C@H](C)CC[C@H](C)C1. The summed E-state index contributed by atoms with van der Waals surface area (Å²) in [5.41, 5.74) is 9.63. The van der Waals surface area contributed by atoms with Gasteiger partial charge in [-0.05, 0) is 76.5 Å². The van der Waals surface area contributed by atoms with Gasteiger partial charge in [0, 0.05) is 16.7 Å². The van der Waals surface area contributed by atoms with Gasteiger partial charge in [0.1, 0.15) is 0 Å². The lowest BCUT2D eigenvalue weighted by Crippen LogP contribution is -2.28. The number of nitrogens with zero attached hydrogens (tertiary/aromatic N) is 4. The summed E-state index contributed by atoms with van der Waals surface area (Å²) in [6.45, 7) is 7.21. The first kappa shape index (κ1) is 32.2. The molecule has 5 aromatic carbocycles. The van der Waals surface area contributed by atoms with Gasteiger partial charge in [-0.25, -0.2) is 15.0 Å². The van der Waals surface area contributed by atoms with Crippen LogP contribution >= 0.6 is 0 Å². The Balaban J connectivity index is 1.25. The molecule has 4 nitrogen and oxygen atoms in total. The van der Waals surface area contributed by atoms with Crippen molar-refractivity contribution in [2.45, 2.75) is 58.3 Å². The molecule has 1 unspecified atom stereocenters. The summed E-state index contributed by atoms with van der Waals surface area (Å²) in [7, 11) is 0. The Hall–Kier alpha value is -5.40. The van der Waals surface area contributed by atoms with Crippen LogP contribution in [0.15, 0.2) is 127 Å². The Morgan fingerprint density at radius 3 is 1.43 bits per heavy atom. The molecule has 1 aliphatic carbocycles. The van der Waals surface area contributed by atoms with Crippen LogP contribution in [0.1, 0.15) is 64.0 Å². The van der Waals surface area contributed by atoms with E-state index in [4.69, 9.17) is 15.0 Å². The van der Waals surface area contributed by atoms with E-state index >= 15 is 0 Å². The van der Waals surface area contributed by atoms with Crippen molar-refractivity contribution >= 4 is 0 Å². The van der Waals surface area contributed by atoms with Crippen molar-refractivity contribution in [3.63, 3.8) is 0 Å². The Morgan fingerprint density at radius 1 is 0.551 bits per heavy atom. The van der Waals surface area contributed by atoms with Crippen molar-refractivity contribution in [3.8, 4) is 62.5 Å². The molecule has 0 spiro atoms. The highest BCUT2D eigenvalue weighted by molar-refractivity contribution is 5.84. The maximum Gasteiger partial charge on any atom is 0.164 e. The fourth-order valence-corrected chi connectivity index (χ4v) is 7.75. The molecule has 4 heteroatoms. The van der Waals surface area contributed by atoms with Crippen LogP contribution in [0.4, 0.5) is 0 Å². The zero-order valence-electron chi connectivity index (χ0n) is 28.6. The zero-order valence-corrected chi connectivity index (χ0v) is 28.6. The summed E-state index contributed by atoms with van der Waals surface area (Å²) >= 11 is 0. The first-order valence-electron chi connectivity index (χ1n) is 17.6. The molecule has 1 aliphatic rings. The third-order valence-corrected chi connectivity index (χ3v) is 10.4. The molecule has 1 saturated carbocycles. The minimum atomic E-state index is 0.216. The van der Waals surface area contributed by atoms with Crippen molar-refractivity contribution in [1.29, 1.82) is 5.26 Å². The number of hydrogen-bond donors (Lipinski definition) is 0. The van der Waals surface area contributed by atoms with Crippen molar-refractivity contribution in [2.24, 2.45) is 11.8 Å². The third-order valence-electron chi connectivity index (χ3n) is 10.4. The molecule has 6 aromatic rings. The number of aromatic nitrogens is 3. The van der Waals surface area contributed by atoms with Crippen LogP contribution in [0.2, 0.25) is 0 Å². The zero-order chi connectivity index (χ0) is 33.8. The van der Waals surface area contributed by atoms with E-state index < -0.39 is 0 Å². The van der Waals surface area contributed by atoms with Gasteiger partial charge < -0.3 is 0 Å². The van der Waals surface area contributed by atoms with Crippen LogP contribution in [-0.4, -0.2) is 15.0 Å². The summed E-state index contributed by atoms with van der Waals surface area (Å²) in [4.78, 5) is 15.0. The second-order valence-corrected chi connectivity index (χ2v) is 13.9. The molecule has 49 heavy (non-hydrogen) atoms. The van der Waals surface area contributed by atoms with Gasteiger partial charge in [-0.15, -0.1) is 0 Å². The van der Waals surface area contributed by atoms with E-state index in [0.717, 1.165) is 57.2 Å². The van der Waals surface area contributed by atoms with Crippen molar-refractivity contribution in [3.05, 3.63) is 139 Å². The minimum absolute atomic E-state index is 0.216. The van der Waals surface area contributed by atoms with Crippen LogP contribution in [0.5, 0.6) is 0 Å². The minimum Gasteiger partial charge on any atom is -0.208 e. The lowest BCUT2D eigenvalue weighted by Gasteiger charge is -2.35. The van der Waals surface area contributed by atoms with Gasteiger partial charge in [-0.2, -0.15) is 5.26 Å². The first-order valence-corrected chi connectivity index (χ1v) is 17.6. The van der Waals surface area contributed by atoms with E-state index in [1.165, 1.54) is 31.2 Å². The summed E-state index contributed by atoms with van der Waals surface area (Å²) < 4.78 is 0. The van der Waals surface area contributed by atoms with Crippen LogP contribution in [0.3, 0.4) is 0 Å². The molecular formula is C45H42N4. The van der Waals surface area contributed by atoms with Gasteiger partial charge in [0.05, 0.1) is 11.6 Å². The van der Waals surface area contributed by atoms with Crippen molar-refractivity contribution < 1.29 is 0 Å². The van der Waals surface area contributed by atoms with E-state index in [2.05, 4.69) is 112 Å². The maximum absolute atomic E-state index is 9.25. The van der Waals surface area contributed by atoms with Crippen LogP contribution in [0.25, 0.3) is 56.4 Å². The highest BCUT2D eigenvalue weighted by Gasteiger charge is 2.36. The van der Waals surface area contributed by atoms with Crippen LogP contribution < -0.4 is 0 Å². The Kier molecular flexibility index (Phi) is 9.18. The average Bonchev–Trinajstić information content (AvgIpc) is 3.32. The number of benzene rings is 5. The topological polar surface area (TPSA) is 62.5 Å². The fraction of sp³-hybridized carbons (Fsp3) is 0.244. The molecular weight excluding hydrogens is 597 g/mol. The lowest BCUT2D eigenvalue weighted by molar-refractivity contribution is 0.295. The Morgan fingerprint density at radius 2 is 0.959 bits per heavy atom. The van der Waals surface area contributed by atoms with Gasteiger partial charge in [0.25, 0.3) is 0 Å². The fourth-order valence-electron chi connectivity index (χ4n) is 7.75. The second kappa shape index (κ2) is 14.0. The highest BCUT2D eigenvalue weighted by Crippen LogP contribution is 2.45. The summed E-state index contributed by atoms with van der Waals surface area (Å²) in [6.07, 6.45) is 6.29. The van der Waals surface area contributed by atoms with E-state index in [-0.39, 0.29) is 5.41 Å². The predicted octanol–water partition coefficient (Wildman–Crippen LogP) is 11.6. The number of nitriles is 1. The average molecular weight is 639 g/mol. The van der Waals surface area contributed by atoms with Crippen molar-refractivity contribution in [1.82, 2.24) is 15.0 Å². The lowest BCUT2D eigenvalue weighted by atomic mass is 9.69. The van der Waals surface area contributed by atoms with Gasteiger partial charge in [-0.1, -0.05) is 149 Å². The maximum atomic E-state index is 9.25. The molecule has 7 rings (SSSR count). The van der Waals surface area contributed by atoms with Gasteiger partial charge in [-0.3, -0.25) is 0 Å². The largest absolute Gasteiger partial charge is 0.208 e. The highest BCUT2D eigenvalue weighted by atomic mass is 15.0. The van der Waals surface area contributed by atoms with Crippen molar-refractivity contribution in [2.75, 3.05) is 0 Å². The normalized spacial score (nSPS) is 19.1. The standard InChI is InChI=1S/C45H42N4/c1-4-45(28-31(2)14-15-32(3)29-45)39-26-24-38(25-27-39)44-48-42(36-10-6-5-7-11-36)47-43(49-44)37-22-20-35(21-23-37)41-13-9-8-12-40(41)34-18-16-33(30-46)17-19-34/h5-13,16-27,31-32H,4,14-15,28-29H2,1-3H3/t31-,32+,45?. The van der Waals surface area contributed by atoms with Crippen LogP contribution in [0, 0.1) is 23.2 Å². The summed E-state index contributed by atoms with van der Waals surface area (Å²) in [5, 5.41) is 9.25. The first-order chi connectivity index (χ1) is 23.9. The molecule has 0 amide bonds. The second-order valence-electron chi connectivity index (χ2n) is 13.9. The van der Waals surface area contributed by atoms with E-state index in [9.17, 15) is 5.26 Å². The van der Waals surface area contributed by atoms with E-state index in [1.54, 1.807) is 0 Å². The molecule has 0 N–H and O–H groups in total. The molecule has 3 atom stereocenters. The molecule has 0 saturated heterocycles. The molecule has 1 heterocycles. The molecule has 1 fully saturated rings. The number of rotatable bonds is 7. The molecule has 0 aliphatic heterocycles. The Labute approximate surface area is 290 Å². The molecule has 1 aromatic heterocycles. The van der Waals surface area contributed by atoms with Crippen LogP contribution in [-0.2, 0) is 5.41 Å². The third kappa shape index (κ3) is 6.80. The smallest absolute Gasteiger partial charge is 0.164 e. The molecule has 0 bridgehead atoms. The van der Waals surface area contributed by atoms with E-state index in [0.29, 0.717) is 23.0 Å². The van der Waals surface area contributed by atoms with E-state index in [1.807, 2.05) is 42.5 Å².